The third kappa shape index (κ3) is 4.92. The molecule has 1 aliphatic heterocycles. The molecule has 2 heterocycles. The zero-order valence-corrected chi connectivity index (χ0v) is 17.5. The fraction of sp³-hybridized carbons (Fsp3) is 0.400. The highest BCUT2D eigenvalue weighted by Crippen LogP contribution is 2.29. The van der Waals surface area contributed by atoms with Crippen LogP contribution in [0.2, 0.25) is 0 Å². The summed E-state index contributed by atoms with van der Waals surface area (Å²) in [5.74, 6) is -0.0873. The van der Waals surface area contributed by atoms with E-state index in [1.54, 1.807) is 23.8 Å². The molecular formula is C20H23N3O5S. The Morgan fingerprint density at radius 1 is 1.07 bits per heavy atom. The van der Waals surface area contributed by atoms with Gasteiger partial charge < -0.3 is 19.3 Å². The molecule has 0 aliphatic carbocycles. The van der Waals surface area contributed by atoms with Crippen molar-refractivity contribution in [2.24, 2.45) is 0 Å². The van der Waals surface area contributed by atoms with Gasteiger partial charge in [0.25, 0.3) is 5.91 Å². The summed E-state index contributed by atoms with van der Waals surface area (Å²) in [6, 6.07) is 7.40. The van der Waals surface area contributed by atoms with Gasteiger partial charge in [0.2, 0.25) is 5.91 Å². The molecule has 3 rings (SSSR count). The van der Waals surface area contributed by atoms with Crippen molar-refractivity contribution in [1.29, 1.82) is 0 Å². The number of piperazine rings is 1. The van der Waals surface area contributed by atoms with Crippen LogP contribution < -0.4 is 4.74 Å². The second-order valence-electron chi connectivity index (χ2n) is 6.63. The normalized spacial score (nSPS) is 13.9. The molecule has 0 saturated carbocycles. The summed E-state index contributed by atoms with van der Waals surface area (Å²) in [7, 11) is 1.60. The highest BCUT2D eigenvalue weighted by molar-refractivity contribution is 7.17. The van der Waals surface area contributed by atoms with Gasteiger partial charge >= 0.3 is 5.97 Å². The van der Waals surface area contributed by atoms with E-state index in [2.05, 4.69) is 4.98 Å². The van der Waals surface area contributed by atoms with Gasteiger partial charge in [-0.15, -0.1) is 11.3 Å². The summed E-state index contributed by atoms with van der Waals surface area (Å²) < 4.78 is 10.4. The van der Waals surface area contributed by atoms with Crippen LogP contribution in [0.4, 0.5) is 0 Å². The van der Waals surface area contributed by atoms with Crippen molar-refractivity contribution >= 4 is 29.1 Å². The second-order valence-corrected chi connectivity index (χ2v) is 7.62. The Morgan fingerprint density at radius 3 is 2.28 bits per heavy atom. The molecule has 154 valence electrons. The van der Waals surface area contributed by atoms with Crippen LogP contribution in [0.25, 0.3) is 10.6 Å². The fourth-order valence-electron chi connectivity index (χ4n) is 3.00. The monoisotopic (exact) mass is 417 g/mol. The quantitative estimate of drug-likeness (QED) is 0.691. The number of thiazole rings is 1. The van der Waals surface area contributed by atoms with Crippen molar-refractivity contribution in [3.05, 3.63) is 34.8 Å². The topological polar surface area (TPSA) is 89.0 Å². The van der Waals surface area contributed by atoms with Crippen LogP contribution in [-0.4, -0.2) is 72.5 Å². The zero-order valence-electron chi connectivity index (χ0n) is 16.6. The number of carbonyl (C=O) groups excluding carboxylic acids is 3. The number of rotatable bonds is 5. The lowest BCUT2D eigenvalue weighted by Gasteiger charge is -2.34. The summed E-state index contributed by atoms with van der Waals surface area (Å²) in [4.78, 5) is 44.2. The molecule has 0 N–H and O–H groups in total. The summed E-state index contributed by atoms with van der Waals surface area (Å²) in [5, 5.41) is 0.698. The number of esters is 1. The fourth-order valence-corrected chi connectivity index (χ4v) is 3.96. The van der Waals surface area contributed by atoms with Gasteiger partial charge in [0.1, 0.15) is 15.6 Å². The summed E-state index contributed by atoms with van der Waals surface area (Å²) in [5.41, 5.74) is 1.44. The van der Waals surface area contributed by atoms with Gasteiger partial charge in [-0.2, -0.15) is 0 Å². The average molecular weight is 417 g/mol. The lowest BCUT2D eigenvalue weighted by Crippen LogP contribution is -2.51. The second kappa shape index (κ2) is 9.04. The Morgan fingerprint density at radius 2 is 1.69 bits per heavy atom. The molecule has 2 amide bonds. The van der Waals surface area contributed by atoms with Crippen molar-refractivity contribution in [1.82, 2.24) is 14.8 Å². The van der Waals surface area contributed by atoms with E-state index in [1.807, 2.05) is 24.3 Å². The van der Waals surface area contributed by atoms with Crippen molar-refractivity contribution in [2.75, 3.05) is 39.9 Å². The van der Waals surface area contributed by atoms with Gasteiger partial charge in [-0.05, 0) is 31.2 Å². The third-order valence-electron chi connectivity index (χ3n) is 4.72. The largest absolute Gasteiger partial charge is 0.497 e. The van der Waals surface area contributed by atoms with Crippen molar-refractivity contribution in [3.63, 3.8) is 0 Å². The van der Waals surface area contributed by atoms with E-state index in [0.717, 1.165) is 11.3 Å². The number of hydrogen-bond acceptors (Lipinski definition) is 7. The lowest BCUT2D eigenvalue weighted by atomic mass is 10.2. The molecule has 0 radical (unpaired) electrons. The van der Waals surface area contributed by atoms with Crippen molar-refractivity contribution in [3.8, 4) is 16.3 Å². The summed E-state index contributed by atoms with van der Waals surface area (Å²) >= 11 is 1.23. The standard InChI is InChI=1S/C20H23N3O5S/c1-13-18(29-19(21-13)15-4-6-16(27-3)7-5-15)20(26)28-12-17(25)23-10-8-22(9-11-23)14(2)24/h4-7H,8-12H2,1-3H3. The van der Waals surface area contributed by atoms with Crippen LogP contribution in [0.5, 0.6) is 5.75 Å². The number of aryl methyl sites for hydroxylation is 1. The number of amides is 2. The zero-order chi connectivity index (χ0) is 21.0. The van der Waals surface area contributed by atoms with Crippen LogP contribution in [0.15, 0.2) is 24.3 Å². The van der Waals surface area contributed by atoms with Gasteiger partial charge in [0.05, 0.1) is 12.8 Å². The Labute approximate surface area is 173 Å². The Balaban J connectivity index is 1.57. The van der Waals surface area contributed by atoms with Crippen LogP contribution >= 0.6 is 11.3 Å². The molecule has 0 spiro atoms. The Kier molecular flexibility index (Phi) is 6.48. The molecule has 0 atom stereocenters. The van der Waals surface area contributed by atoms with E-state index >= 15 is 0 Å². The minimum atomic E-state index is -0.560. The first-order valence-corrected chi connectivity index (χ1v) is 10.0. The maximum Gasteiger partial charge on any atom is 0.350 e. The number of ether oxygens (including phenoxy) is 2. The van der Waals surface area contributed by atoms with Crippen LogP contribution in [0.1, 0.15) is 22.3 Å². The Bertz CT molecular complexity index is 901. The molecule has 0 bridgehead atoms. The average Bonchev–Trinajstić information content (AvgIpc) is 3.13. The first kappa shape index (κ1) is 20.8. The smallest absolute Gasteiger partial charge is 0.350 e. The molecule has 9 heteroatoms. The maximum absolute atomic E-state index is 12.4. The molecule has 1 aromatic heterocycles. The van der Waals surface area contributed by atoms with Crippen LogP contribution in [0.3, 0.4) is 0 Å². The molecule has 8 nitrogen and oxygen atoms in total. The molecule has 1 aromatic carbocycles. The molecule has 1 aliphatic rings. The SMILES string of the molecule is COc1ccc(-c2nc(C)c(C(=O)OCC(=O)N3CCN(C(C)=O)CC3)s2)cc1. The minimum absolute atomic E-state index is 0.00291. The van der Waals surface area contributed by atoms with Crippen LogP contribution in [-0.2, 0) is 14.3 Å². The van der Waals surface area contributed by atoms with Gasteiger partial charge in [0, 0.05) is 38.7 Å². The lowest BCUT2D eigenvalue weighted by molar-refractivity contribution is -0.140. The summed E-state index contributed by atoms with van der Waals surface area (Å²) in [6.07, 6.45) is 0. The number of nitrogens with zero attached hydrogens (tertiary/aromatic N) is 3. The predicted molar refractivity (Wildman–Crippen MR) is 108 cm³/mol. The summed E-state index contributed by atoms with van der Waals surface area (Å²) in [6.45, 7) is 4.80. The highest BCUT2D eigenvalue weighted by atomic mass is 32.1. The van der Waals surface area contributed by atoms with E-state index in [9.17, 15) is 14.4 Å². The molecule has 1 fully saturated rings. The van der Waals surface area contributed by atoms with Gasteiger partial charge in [0.15, 0.2) is 6.61 Å². The van der Waals surface area contributed by atoms with Gasteiger partial charge in [-0.25, -0.2) is 9.78 Å². The Hall–Kier alpha value is -2.94. The van der Waals surface area contributed by atoms with E-state index in [1.165, 1.54) is 18.3 Å². The number of hydrogen-bond donors (Lipinski definition) is 0. The number of methoxy groups -OCH3 is 1. The van der Waals surface area contributed by atoms with Crippen molar-refractivity contribution in [2.45, 2.75) is 13.8 Å². The third-order valence-corrected chi connectivity index (χ3v) is 5.91. The molecule has 29 heavy (non-hydrogen) atoms. The maximum atomic E-state index is 12.4. The first-order chi connectivity index (χ1) is 13.9. The van der Waals surface area contributed by atoms with Crippen LogP contribution in [0, 0.1) is 6.92 Å². The van der Waals surface area contributed by atoms with E-state index < -0.39 is 5.97 Å². The first-order valence-electron chi connectivity index (χ1n) is 9.21. The van der Waals surface area contributed by atoms with E-state index in [-0.39, 0.29) is 18.4 Å². The van der Waals surface area contributed by atoms with E-state index in [0.29, 0.717) is 41.8 Å². The molecular weight excluding hydrogens is 394 g/mol. The molecule has 1 saturated heterocycles. The number of carbonyl (C=O) groups is 3. The van der Waals surface area contributed by atoms with E-state index in [4.69, 9.17) is 9.47 Å². The van der Waals surface area contributed by atoms with Gasteiger partial charge in [-0.3, -0.25) is 9.59 Å². The van der Waals surface area contributed by atoms with Crippen molar-refractivity contribution < 1.29 is 23.9 Å². The predicted octanol–water partition coefficient (Wildman–Crippen LogP) is 1.97. The van der Waals surface area contributed by atoms with Gasteiger partial charge in [-0.1, -0.05) is 0 Å². The highest BCUT2D eigenvalue weighted by Gasteiger charge is 2.24. The number of aromatic nitrogens is 1. The molecule has 0 unspecified atom stereocenters. The number of benzene rings is 1. The minimum Gasteiger partial charge on any atom is -0.497 e. The molecule has 2 aromatic rings.